The minimum Gasteiger partial charge on any atom is -0.381 e. The van der Waals surface area contributed by atoms with Crippen LogP contribution in [0.4, 0.5) is 0 Å². The van der Waals surface area contributed by atoms with Crippen molar-refractivity contribution in [1.82, 2.24) is 5.32 Å². The largest absolute Gasteiger partial charge is 0.381 e. The highest BCUT2D eigenvalue weighted by molar-refractivity contribution is 4.77. The summed E-state index contributed by atoms with van der Waals surface area (Å²) in [7, 11) is 0. The maximum atomic E-state index is 6.03. The van der Waals surface area contributed by atoms with Gasteiger partial charge in [0.25, 0.3) is 0 Å². The van der Waals surface area contributed by atoms with Crippen molar-refractivity contribution in [3.05, 3.63) is 0 Å². The van der Waals surface area contributed by atoms with Gasteiger partial charge < -0.3 is 14.8 Å². The lowest BCUT2D eigenvalue weighted by Gasteiger charge is -2.30. The van der Waals surface area contributed by atoms with E-state index in [4.69, 9.17) is 9.47 Å². The lowest BCUT2D eigenvalue weighted by atomic mass is 9.92. The van der Waals surface area contributed by atoms with Crippen molar-refractivity contribution >= 4 is 0 Å². The van der Waals surface area contributed by atoms with Crippen LogP contribution in [-0.2, 0) is 9.47 Å². The highest BCUT2D eigenvalue weighted by Gasteiger charge is 2.27. The van der Waals surface area contributed by atoms with Gasteiger partial charge in [-0.05, 0) is 38.6 Å². The average molecular weight is 199 g/mol. The summed E-state index contributed by atoms with van der Waals surface area (Å²) < 4.78 is 11.4. The molecule has 2 aliphatic heterocycles. The minimum absolute atomic E-state index is 0.366. The summed E-state index contributed by atoms with van der Waals surface area (Å²) in [5, 5.41) is 3.41. The molecule has 3 nitrogen and oxygen atoms in total. The quantitative estimate of drug-likeness (QED) is 0.688. The Morgan fingerprint density at radius 1 is 1.14 bits per heavy atom. The molecular weight excluding hydrogens is 178 g/mol. The Kier molecular flexibility index (Phi) is 3.79. The Bertz CT molecular complexity index is 169. The average Bonchev–Trinajstić information content (AvgIpc) is 2.44. The molecule has 0 aliphatic carbocycles. The van der Waals surface area contributed by atoms with Crippen molar-refractivity contribution in [1.29, 1.82) is 0 Å². The maximum absolute atomic E-state index is 6.03. The normalized spacial score (nSPS) is 36.6. The van der Waals surface area contributed by atoms with E-state index in [2.05, 4.69) is 12.2 Å². The first-order valence-corrected chi connectivity index (χ1v) is 5.80. The van der Waals surface area contributed by atoms with Crippen molar-refractivity contribution in [2.45, 2.75) is 38.4 Å². The molecular formula is C11H21NO2. The lowest BCUT2D eigenvalue weighted by molar-refractivity contribution is -0.0569. The number of rotatable bonds is 1. The van der Waals surface area contributed by atoms with Gasteiger partial charge in [-0.15, -0.1) is 0 Å². The van der Waals surface area contributed by atoms with Crippen LogP contribution in [0.5, 0.6) is 0 Å². The molecule has 3 heteroatoms. The van der Waals surface area contributed by atoms with E-state index in [0.717, 1.165) is 38.6 Å². The second kappa shape index (κ2) is 5.10. The fourth-order valence-corrected chi connectivity index (χ4v) is 2.40. The first-order valence-electron chi connectivity index (χ1n) is 5.80. The second-order valence-electron chi connectivity index (χ2n) is 4.43. The third-order valence-corrected chi connectivity index (χ3v) is 3.24. The zero-order chi connectivity index (χ0) is 9.80. The van der Waals surface area contributed by atoms with Crippen LogP contribution in [0, 0.1) is 5.92 Å². The van der Waals surface area contributed by atoms with Crippen LogP contribution in [0.3, 0.4) is 0 Å². The molecule has 2 atom stereocenters. The first-order chi connectivity index (χ1) is 6.86. The number of hydrogen-bond donors (Lipinski definition) is 1. The molecule has 0 saturated carbocycles. The molecule has 0 aromatic carbocycles. The van der Waals surface area contributed by atoms with E-state index in [1.807, 2.05) is 0 Å². The van der Waals surface area contributed by atoms with Gasteiger partial charge in [-0.3, -0.25) is 0 Å². The van der Waals surface area contributed by atoms with E-state index >= 15 is 0 Å². The molecule has 2 rings (SSSR count). The van der Waals surface area contributed by atoms with Crippen molar-refractivity contribution in [3.8, 4) is 0 Å². The molecule has 2 aliphatic rings. The van der Waals surface area contributed by atoms with Gasteiger partial charge in [0.1, 0.15) is 0 Å². The SMILES string of the molecule is CC1CNCCC(C2CCOCC2)O1. The summed E-state index contributed by atoms with van der Waals surface area (Å²) >= 11 is 0. The summed E-state index contributed by atoms with van der Waals surface area (Å²) in [4.78, 5) is 0. The number of ether oxygens (including phenoxy) is 2. The zero-order valence-electron chi connectivity index (χ0n) is 9.00. The summed E-state index contributed by atoms with van der Waals surface area (Å²) in [5.41, 5.74) is 0. The molecule has 14 heavy (non-hydrogen) atoms. The Morgan fingerprint density at radius 2 is 1.93 bits per heavy atom. The van der Waals surface area contributed by atoms with E-state index in [1.165, 1.54) is 12.8 Å². The molecule has 2 heterocycles. The smallest absolute Gasteiger partial charge is 0.0675 e. The van der Waals surface area contributed by atoms with Crippen LogP contribution in [0.25, 0.3) is 0 Å². The van der Waals surface area contributed by atoms with Gasteiger partial charge in [0.05, 0.1) is 12.2 Å². The van der Waals surface area contributed by atoms with Gasteiger partial charge >= 0.3 is 0 Å². The van der Waals surface area contributed by atoms with E-state index in [1.54, 1.807) is 0 Å². The summed E-state index contributed by atoms with van der Waals surface area (Å²) in [6, 6.07) is 0. The Labute approximate surface area is 86.2 Å². The molecule has 0 amide bonds. The second-order valence-corrected chi connectivity index (χ2v) is 4.43. The van der Waals surface area contributed by atoms with Crippen LogP contribution in [-0.4, -0.2) is 38.5 Å². The Morgan fingerprint density at radius 3 is 2.71 bits per heavy atom. The third-order valence-electron chi connectivity index (χ3n) is 3.24. The summed E-state index contributed by atoms with van der Waals surface area (Å²) in [5.74, 6) is 0.728. The van der Waals surface area contributed by atoms with Gasteiger partial charge in [0.2, 0.25) is 0 Å². The fourth-order valence-electron chi connectivity index (χ4n) is 2.40. The van der Waals surface area contributed by atoms with E-state index in [9.17, 15) is 0 Å². The van der Waals surface area contributed by atoms with E-state index in [0.29, 0.717) is 12.2 Å². The molecule has 0 bridgehead atoms. The molecule has 1 N–H and O–H groups in total. The summed E-state index contributed by atoms with van der Waals surface area (Å²) in [6.45, 7) is 6.11. The molecule has 0 aromatic rings. The number of hydrogen-bond acceptors (Lipinski definition) is 3. The molecule has 2 saturated heterocycles. The van der Waals surface area contributed by atoms with Gasteiger partial charge in [0.15, 0.2) is 0 Å². The van der Waals surface area contributed by atoms with Crippen LogP contribution in [0.2, 0.25) is 0 Å². The summed E-state index contributed by atoms with van der Waals surface area (Å²) in [6.07, 6.45) is 4.35. The van der Waals surface area contributed by atoms with Crippen LogP contribution >= 0.6 is 0 Å². The highest BCUT2D eigenvalue weighted by Crippen LogP contribution is 2.24. The van der Waals surface area contributed by atoms with E-state index in [-0.39, 0.29) is 0 Å². The van der Waals surface area contributed by atoms with Crippen molar-refractivity contribution in [2.75, 3.05) is 26.3 Å². The number of nitrogens with one attached hydrogen (secondary N) is 1. The van der Waals surface area contributed by atoms with E-state index < -0.39 is 0 Å². The molecule has 2 unspecified atom stereocenters. The van der Waals surface area contributed by atoms with Crippen LogP contribution < -0.4 is 5.32 Å². The van der Waals surface area contributed by atoms with Gasteiger partial charge in [-0.25, -0.2) is 0 Å². The van der Waals surface area contributed by atoms with Gasteiger partial charge in [-0.2, -0.15) is 0 Å². The predicted octanol–water partition coefficient (Wildman–Crippen LogP) is 1.18. The predicted molar refractivity (Wildman–Crippen MR) is 55.4 cm³/mol. The van der Waals surface area contributed by atoms with Crippen LogP contribution in [0.15, 0.2) is 0 Å². The van der Waals surface area contributed by atoms with Gasteiger partial charge in [-0.1, -0.05) is 0 Å². The third kappa shape index (κ3) is 2.69. The maximum Gasteiger partial charge on any atom is 0.0675 e. The molecule has 0 spiro atoms. The van der Waals surface area contributed by atoms with Crippen molar-refractivity contribution in [2.24, 2.45) is 5.92 Å². The van der Waals surface area contributed by atoms with Crippen molar-refractivity contribution < 1.29 is 9.47 Å². The Balaban J connectivity index is 1.87. The Hall–Kier alpha value is -0.120. The fraction of sp³-hybridized carbons (Fsp3) is 1.00. The first kappa shape index (κ1) is 10.4. The molecule has 0 radical (unpaired) electrons. The molecule has 0 aromatic heterocycles. The van der Waals surface area contributed by atoms with Crippen molar-refractivity contribution in [3.63, 3.8) is 0 Å². The van der Waals surface area contributed by atoms with Gasteiger partial charge in [0, 0.05) is 19.8 Å². The zero-order valence-corrected chi connectivity index (χ0v) is 9.00. The molecule has 82 valence electrons. The molecule has 2 fully saturated rings. The standard InChI is InChI=1S/C11H21NO2/c1-9-8-12-5-2-11(14-9)10-3-6-13-7-4-10/h9-12H,2-8H2,1H3. The van der Waals surface area contributed by atoms with Crippen LogP contribution in [0.1, 0.15) is 26.2 Å². The topological polar surface area (TPSA) is 30.5 Å². The minimum atomic E-state index is 0.366. The lowest BCUT2D eigenvalue weighted by Crippen LogP contribution is -2.32. The monoisotopic (exact) mass is 199 g/mol. The highest BCUT2D eigenvalue weighted by atomic mass is 16.5.